The van der Waals surface area contributed by atoms with Gasteiger partial charge in [0.25, 0.3) is 0 Å². The van der Waals surface area contributed by atoms with Gasteiger partial charge in [0.15, 0.2) is 0 Å². The van der Waals surface area contributed by atoms with Crippen LogP contribution in [0.1, 0.15) is 17.3 Å². The Morgan fingerprint density at radius 2 is 2.44 bits per heavy atom. The van der Waals surface area contributed by atoms with Gasteiger partial charge in [-0.05, 0) is 28.9 Å². The summed E-state index contributed by atoms with van der Waals surface area (Å²) < 4.78 is 0.629. The van der Waals surface area contributed by atoms with E-state index in [9.17, 15) is 4.79 Å². The van der Waals surface area contributed by atoms with Gasteiger partial charge in [0.05, 0.1) is 16.6 Å². The Labute approximate surface area is 102 Å². The lowest BCUT2D eigenvalue weighted by molar-refractivity contribution is 0.0696. The maximum absolute atomic E-state index is 10.7. The molecule has 4 nitrogen and oxygen atoms in total. The normalized spacial score (nSPS) is 9.56. The fraction of sp³-hybridized carbons (Fsp3) is 0.273. The Morgan fingerprint density at radius 3 is 2.88 bits per heavy atom. The number of halogens is 1. The predicted molar refractivity (Wildman–Crippen MR) is 65.6 cm³/mol. The minimum atomic E-state index is -1.00. The number of rotatable bonds is 4. The van der Waals surface area contributed by atoms with Gasteiger partial charge in [-0.2, -0.15) is 0 Å². The van der Waals surface area contributed by atoms with E-state index in [-0.39, 0.29) is 5.56 Å². The molecule has 1 heterocycles. The summed E-state index contributed by atoms with van der Waals surface area (Å²) in [6.45, 7) is 3.10. The van der Waals surface area contributed by atoms with Crippen LogP contribution in [0.4, 0.5) is 5.82 Å². The number of anilines is 1. The first-order valence-electron chi connectivity index (χ1n) is 4.67. The number of aromatic carboxylic acids is 1. The van der Waals surface area contributed by atoms with E-state index < -0.39 is 5.97 Å². The molecule has 0 aromatic carbocycles. The van der Waals surface area contributed by atoms with E-state index in [0.29, 0.717) is 23.4 Å². The molecular weight excluding hydrogens is 272 g/mol. The number of carboxylic acids is 1. The molecule has 0 amide bonds. The second kappa shape index (κ2) is 5.52. The van der Waals surface area contributed by atoms with Crippen molar-refractivity contribution in [3.8, 4) is 12.3 Å². The number of nitrogens with zero attached hydrogens (tertiary/aromatic N) is 2. The zero-order valence-corrected chi connectivity index (χ0v) is 10.4. The highest BCUT2D eigenvalue weighted by Gasteiger charge is 2.12. The van der Waals surface area contributed by atoms with Crippen molar-refractivity contribution in [3.05, 3.63) is 22.3 Å². The lowest BCUT2D eigenvalue weighted by atomic mass is 10.3. The van der Waals surface area contributed by atoms with Gasteiger partial charge in [0.2, 0.25) is 0 Å². The molecule has 0 fully saturated rings. The van der Waals surface area contributed by atoms with Crippen molar-refractivity contribution < 1.29 is 9.90 Å². The molecule has 0 bridgehead atoms. The molecule has 0 aliphatic carbocycles. The van der Waals surface area contributed by atoms with Gasteiger partial charge < -0.3 is 10.0 Å². The van der Waals surface area contributed by atoms with Crippen molar-refractivity contribution in [3.63, 3.8) is 0 Å². The van der Waals surface area contributed by atoms with Crippen LogP contribution in [0.3, 0.4) is 0 Å². The second-order valence-corrected chi connectivity index (χ2v) is 3.91. The molecule has 0 aliphatic rings. The summed E-state index contributed by atoms with van der Waals surface area (Å²) in [6, 6.07) is 1.52. The van der Waals surface area contributed by atoms with Crippen LogP contribution in [0.2, 0.25) is 0 Å². The molecule has 0 saturated heterocycles. The minimum absolute atomic E-state index is 0.146. The highest BCUT2D eigenvalue weighted by molar-refractivity contribution is 9.10. The SMILES string of the molecule is C#CCN(CC)c1ncc(C(=O)O)cc1Br. The third-order valence-electron chi connectivity index (χ3n) is 2.03. The van der Waals surface area contributed by atoms with E-state index in [0.717, 1.165) is 0 Å². The fourth-order valence-corrected chi connectivity index (χ4v) is 1.83. The summed E-state index contributed by atoms with van der Waals surface area (Å²) in [5.41, 5.74) is 0.146. The number of aromatic nitrogens is 1. The van der Waals surface area contributed by atoms with Crippen LogP contribution in [0.25, 0.3) is 0 Å². The highest BCUT2D eigenvalue weighted by Crippen LogP contribution is 2.24. The number of hydrogen-bond acceptors (Lipinski definition) is 3. The van der Waals surface area contributed by atoms with E-state index >= 15 is 0 Å². The standard InChI is InChI=1S/C11H11BrN2O2/c1-3-5-14(4-2)10-9(12)6-8(7-13-10)11(15)16/h1,6-7H,4-5H2,2H3,(H,15,16). The summed E-state index contributed by atoms with van der Waals surface area (Å²) in [5, 5.41) is 8.79. The Hall–Kier alpha value is -1.54. The van der Waals surface area contributed by atoms with E-state index in [4.69, 9.17) is 11.5 Å². The lowest BCUT2D eigenvalue weighted by Gasteiger charge is -2.20. The Kier molecular flexibility index (Phi) is 4.32. The maximum Gasteiger partial charge on any atom is 0.337 e. The highest BCUT2D eigenvalue weighted by atomic mass is 79.9. The van der Waals surface area contributed by atoms with Crippen LogP contribution in [0, 0.1) is 12.3 Å². The molecule has 0 radical (unpaired) electrons. The van der Waals surface area contributed by atoms with E-state index in [1.54, 1.807) is 0 Å². The third-order valence-corrected chi connectivity index (χ3v) is 2.62. The average Bonchev–Trinajstić information content (AvgIpc) is 2.26. The summed E-state index contributed by atoms with van der Waals surface area (Å²) in [5.74, 6) is 2.19. The van der Waals surface area contributed by atoms with Gasteiger partial charge >= 0.3 is 5.97 Å². The molecular formula is C11H11BrN2O2. The molecule has 0 aliphatic heterocycles. The van der Waals surface area contributed by atoms with Crippen LogP contribution >= 0.6 is 15.9 Å². The molecule has 1 N–H and O–H groups in total. The molecule has 0 spiro atoms. The summed E-state index contributed by atoms with van der Waals surface area (Å²) >= 11 is 3.29. The van der Waals surface area contributed by atoms with Crippen molar-refractivity contribution in [2.75, 3.05) is 18.0 Å². The maximum atomic E-state index is 10.7. The smallest absolute Gasteiger partial charge is 0.337 e. The monoisotopic (exact) mass is 282 g/mol. The van der Waals surface area contributed by atoms with Crippen LogP contribution in [0.5, 0.6) is 0 Å². The molecule has 1 aromatic rings. The number of hydrogen-bond donors (Lipinski definition) is 1. The summed E-state index contributed by atoms with van der Waals surface area (Å²) in [7, 11) is 0. The zero-order chi connectivity index (χ0) is 12.1. The molecule has 1 rings (SSSR count). The summed E-state index contributed by atoms with van der Waals surface area (Å²) in [4.78, 5) is 16.7. The number of carboxylic acid groups (broad SMARTS) is 1. The van der Waals surface area contributed by atoms with Crippen molar-refractivity contribution in [1.29, 1.82) is 0 Å². The molecule has 1 aromatic heterocycles. The largest absolute Gasteiger partial charge is 0.478 e. The van der Waals surface area contributed by atoms with Crippen LogP contribution < -0.4 is 4.90 Å². The van der Waals surface area contributed by atoms with Crippen molar-refractivity contribution in [2.45, 2.75) is 6.92 Å². The first-order chi connectivity index (χ1) is 7.60. The van der Waals surface area contributed by atoms with Gasteiger partial charge in [-0.25, -0.2) is 9.78 Å². The Bertz CT molecular complexity index is 440. The van der Waals surface area contributed by atoms with Gasteiger partial charge in [-0.3, -0.25) is 0 Å². The van der Waals surface area contributed by atoms with Crippen molar-refractivity contribution in [1.82, 2.24) is 4.98 Å². The topological polar surface area (TPSA) is 53.4 Å². The summed E-state index contributed by atoms with van der Waals surface area (Å²) in [6.07, 6.45) is 6.56. The molecule has 84 valence electrons. The first kappa shape index (κ1) is 12.5. The van der Waals surface area contributed by atoms with Crippen LogP contribution in [0.15, 0.2) is 16.7 Å². The molecule has 0 atom stereocenters. The fourth-order valence-electron chi connectivity index (χ4n) is 1.23. The van der Waals surface area contributed by atoms with Gasteiger partial charge in [0.1, 0.15) is 5.82 Å². The predicted octanol–water partition coefficient (Wildman–Crippen LogP) is 2.00. The van der Waals surface area contributed by atoms with Gasteiger partial charge in [0, 0.05) is 12.7 Å². The van der Waals surface area contributed by atoms with E-state index in [1.807, 2.05) is 11.8 Å². The van der Waals surface area contributed by atoms with Crippen molar-refractivity contribution >= 4 is 27.7 Å². The third kappa shape index (κ3) is 2.74. The molecule has 16 heavy (non-hydrogen) atoms. The van der Waals surface area contributed by atoms with Crippen LogP contribution in [-0.4, -0.2) is 29.1 Å². The molecule has 0 unspecified atom stereocenters. The molecule has 5 heteroatoms. The van der Waals surface area contributed by atoms with E-state index in [1.165, 1.54) is 12.3 Å². The van der Waals surface area contributed by atoms with Gasteiger partial charge in [-0.1, -0.05) is 5.92 Å². The lowest BCUT2D eigenvalue weighted by Crippen LogP contribution is -2.24. The first-order valence-corrected chi connectivity index (χ1v) is 5.46. The minimum Gasteiger partial charge on any atom is -0.478 e. The number of terminal acetylenes is 1. The van der Waals surface area contributed by atoms with Crippen molar-refractivity contribution in [2.24, 2.45) is 0 Å². The quantitative estimate of drug-likeness (QED) is 0.859. The average molecular weight is 283 g/mol. The van der Waals surface area contributed by atoms with Crippen LogP contribution in [-0.2, 0) is 0 Å². The Balaban J connectivity index is 3.07. The molecule has 0 saturated carbocycles. The Morgan fingerprint density at radius 1 is 1.75 bits per heavy atom. The number of carbonyl (C=O) groups is 1. The zero-order valence-electron chi connectivity index (χ0n) is 8.77. The second-order valence-electron chi connectivity index (χ2n) is 3.05. The van der Waals surface area contributed by atoms with E-state index in [2.05, 4.69) is 26.8 Å². The van der Waals surface area contributed by atoms with Gasteiger partial charge in [-0.15, -0.1) is 6.42 Å². The number of pyridine rings is 1.